The van der Waals surface area contributed by atoms with E-state index in [2.05, 4.69) is 5.32 Å². The first-order chi connectivity index (χ1) is 9.81. The molecule has 1 aliphatic rings. The smallest absolute Gasteiger partial charge is 0.236 e. The zero-order valence-corrected chi connectivity index (χ0v) is 11.9. The van der Waals surface area contributed by atoms with Gasteiger partial charge in [-0.05, 0) is 5.56 Å². The lowest BCUT2D eigenvalue weighted by atomic mass is 10.1. The summed E-state index contributed by atoms with van der Waals surface area (Å²) in [6.07, 6.45) is -0.0205. The highest BCUT2D eigenvalue weighted by Crippen LogP contribution is 2.21. The summed E-state index contributed by atoms with van der Waals surface area (Å²) >= 11 is 0. The molecule has 5 nitrogen and oxygen atoms in total. The van der Waals surface area contributed by atoms with Gasteiger partial charge in [0.25, 0.3) is 0 Å². The van der Waals surface area contributed by atoms with Crippen LogP contribution in [0.4, 0.5) is 0 Å². The first-order valence-corrected chi connectivity index (χ1v) is 6.95. The Hall–Kier alpha value is -1.43. The first kappa shape index (κ1) is 15.0. The molecule has 1 atom stereocenters. The van der Waals surface area contributed by atoms with E-state index in [0.29, 0.717) is 39.4 Å². The van der Waals surface area contributed by atoms with Gasteiger partial charge < -0.3 is 19.7 Å². The van der Waals surface area contributed by atoms with E-state index in [1.165, 1.54) is 0 Å². The maximum atomic E-state index is 12.1. The van der Waals surface area contributed by atoms with Crippen LogP contribution in [-0.2, 0) is 14.3 Å². The number of benzene rings is 1. The molecule has 1 aliphatic heterocycles. The van der Waals surface area contributed by atoms with Gasteiger partial charge in [-0.2, -0.15) is 0 Å². The molecule has 1 fully saturated rings. The van der Waals surface area contributed by atoms with Gasteiger partial charge in [0.05, 0.1) is 26.3 Å². The van der Waals surface area contributed by atoms with Gasteiger partial charge in [0.1, 0.15) is 6.10 Å². The zero-order chi connectivity index (χ0) is 14.2. The zero-order valence-electron chi connectivity index (χ0n) is 11.9. The molecule has 0 saturated carbocycles. The van der Waals surface area contributed by atoms with Crippen LogP contribution >= 0.6 is 0 Å². The topological polar surface area (TPSA) is 50.8 Å². The van der Waals surface area contributed by atoms with Crippen molar-refractivity contribution in [2.24, 2.45) is 0 Å². The fraction of sp³-hybridized carbons (Fsp3) is 0.533. The second kappa shape index (κ2) is 7.99. The summed E-state index contributed by atoms with van der Waals surface area (Å²) in [4.78, 5) is 14.0. The fourth-order valence-electron chi connectivity index (χ4n) is 2.23. The summed E-state index contributed by atoms with van der Waals surface area (Å²) in [5, 5.41) is 3.08. The largest absolute Gasteiger partial charge is 0.383 e. The van der Waals surface area contributed by atoms with Crippen molar-refractivity contribution in [3.63, 3.8) is 0 Å². The molecule has 5 heteroatoms. The Kier molecular flexibility index (Phi) is 5.98. The molecule has 1 N–H and O–H groups in total. The molecule has 1 heterocycles. The maximum Gasteiger partial charge on any atom is 0.236 e. The third-order valence-electron chi connectivity index (χ3n) is 3.35. The minimum atomic E-state index is -0.0205. The van der Waals surface area contributed by atoms with Crippen LogP contribution < -0.4 is 5.32 Å². The van der Waals surface area contributed by atoms with E-state index in [9.17, 15) is 4.79 Å². The standard InChI is InChI=1S/C15H22N2O3/c1-19-9-7-16-11-15(18)17-8-10-20-14(12-17)13-5-3-2-4-6-13/h2-6,14,16H,7-12H2,1H3. The van der Waals surface area contributed by atoms with Gasteiger partial charge in [-0.15, -0.1) is 0 Å². The third-order valence-corrected chi connectivity index (χ3v) is 3.35. The summed E-state index contributed by atoms with van der Waals surface area (Å²) in [6.45, 7) is 3.52. The third kappa shape index (κ3) is 4.30. The number of nitrogens with zero attached hydrogens (tertiary/aromatic N) is 1. The van der Waals surface area contributed by atoms with Gasteiger partial charge in [0, 0.05) is 20.2 Å². The Balaban J connectivity index is 1.82. The average molecular weight is 278 g/mol. The van der Waals surface area contributed by atoms with Crippen molar-refractivity contribution in [1.82, 2.24) is 10.2 Å². The predicted molar refractivity (Wildman–Crippen MR) is 76.5 cm³/mol. The monoisotopic (exact) mass is 278 g/mol. The van der Waals surface area contributed by atoms with Gasteiger partial charge in [-0.1, -0.05) is 30.3 Å². The van der Waals surface area contributed by atoms with Crippen LogP contribution in [0.2, 0.25) is 0 Å². The van der Waals surface area contributed by atoms with Gasteiger partial charge in [0.15, 0.2) is 0 Å². The number of carbonyl (C=O) groups is 1. The first-order valence-electron chi connectivity index (χ1n) is 6.95. The average Bonchev–Trinajstić information content (AvgIpc) is 2.52. The number of hydrogen-bond acceptors (Lipinski definition) is 4. The van der Waals surface area contributed by atoms with E-state index in [1.807, 2.05) is 35.2 Å². The molecule has 1 aromatic rings. The van der Waals surface area contributed by atoms with Crippen LogP contribution in [0, 0.1) is 0 Å². The number of nitrogens with one attached hydrogen (secondary N) is 1. The Bertz CT molecular complexity index is 411. The summed E-state index contributed by atoms with van der Waals surface area (Å²) in [5.41, 5.74) is 1.12. The summed E-state index contributed by atoms with van der Waals surface area (Å²) in [6, 6.07) is 10.0. The molecule has 1 unspecified atom stereocenters. The molecule has 0 bridgehead atoms. The van der Waals surface area contributed by atoms with Crippen LogP contribution in [0.5, 0.6) is 0 Å². The van der Waals surface area contributed by atoms with E-state index in [1.54, 1.807) is 7.11 Å². The Morgan fingerprint density at radius 2 is 2.25 bits per heavy atom. The molecule has 1 amide bonds. The van der Waals surface area contributed by atoms with Crippen LogP contribution in [-0.4, -0.2) is 57.3 Å². The number of morpholine rings is 1. The number of ether oxygens (including phenoxy) is 2. The van der Waals surface area contributed by atoms with Crippen molar-refractivity contribution < 1.29 is 14.3 Å². The molecule has 0 spiro atoms. The van der Waals surface area contributed by atoms with Crippen LogP contribution in [0.15, 0.2) is 30.3 Å². The van der Waals surface area contributed by atoms with Crippen molar-refractivity contribution in [2.45, 2.75) is 6.10 Å². The molecule has 0 aromatic heterocycles. The quantitative estimate of drug-likeness (QED) is 0.783. The lowest BCUT2D eigenvalue weighted by molar-refractivity contribution is -0.138. The van der Waals surface area contributed by atoms with Gasteiger partial charge >= 0.3 is 0 Å². The predicted octanol–water partition coefficient (Wildman–Crippen LogP) is 0.823. The minimum absolute atomic E-state index is 0.0205. The normalized spacial score (nSPS) is 19.1. The summed E-state index contributed by atoms with van der Waals surface area (Å²) in [5.74, 6) is 0.116. The van der Waals surface area contributed by atoms with E-state index in [-0.39, 0.29) is 12.0 Å². The lowest BCUT2D eigenvalue weighted by Gasteiger charge is -2.33. The summed E-state index contributed by atoms with van der Waals surface area (Å²) < 4.78 is 10.7. The van der Waals surface area contributed by atoms with Crippen LogP contribution in [0.1, 0.15) is 11.7 Å². The van der Waals surface area contributed by atoms with Crippen molar-refractivity contribution in [1.29, 1.82) is 0 Å². The fourth-order valence-corrected chi connectivity index (χ4v) is 2.23. The molecule has 110 valence electrons. The number of rotatable bonds is 6. The van der Waals surface area contributed by atoms with Crippen molar-refractivity contribution >= 4 is 5.91 Å². The highest BCUT2D eigenvalue weighted by Gasteiger charge is 2.24. The molecule has 1 aromatic carbocycles. The van der Waals surface area contributed by atoms with E-state index >= 15 is 0 Å². The second-order valence-electron chi connectivity index (χ2n) is 4.78. The van der Waals surface area contributed by atoms with Crippen molar-refractivity contribution in [3.05, 3.63) is 35.9 Å². The molecule has 0 aliphatic carbocycles. The number of carbonyl (C=O) groups excluding carboxylic acids is 1. The van der Waals surface area contributed by atoms with Crippen LogP contribution in [0.25, 0.3) is 0 Å². The highest BCUT2D eigenvalue weighted by molar-refractivity contribution is 5.78. The van der Waals surface area contributed by atoms with Crippen molar-refractivity contribution in [3.8, 4) is 0 Å². The number of amides is 1. The van der Waals surface area contributed by atoms with E-state index in [4.69, 9.17) is 9.47 Å². The number of methoxy groups -OCH3 is 1. The molecule has 0 radical (unpaired) electrons. The Morgan fingerprint density at radius 1 is 1.45 bits per heavy atom. The highest BCUT2D eigenvalue weighted by atomic mass is 16.5. The second-order valence-corrected chi connectivity index (χ2v) is 4.78. The van der Waals surface area contributed by atoms with Crippen molar-refractivity contribution in [2.75, 3.05) is 46.5 Å². The van der Waals surface area contributed by atoms with E-state index < -0.39 is 0 Å². The SMILES string of the molecule is COCCNCC(=O)N1CCOC(c2ccccc2)C1. The van der Waals surface area contributed by atoms with Gasteiger partial charge in [-0.25, -0.2) is 0 Å². The Morgan fingerprint density at radius 3 is 3.00 bits per heavy atom. The molecular formula is C15H22N2O3. The minimum Gasteiger partial charge on any atom is -0.383 e. The van der Waals surface area contributed by atoms with E-state index in [0.717, 1.165) is 5.56 Å². The molecule has 20 heavy (non-hydrogen) atoms. The Labute approximate surface area is 119 Å². The van der Waals surface area contributed by atoms with Gasteiger partial charge in [0.2, 0.25) is 5.91 Å². The lowest BCUT2D eigenvalue weighted by Crippen LogP contribution is -2.46. The molecular weight excluding hydrogens is 256 g/mol. The van der Waals surface area contributed by atoms with Crippen LogP contribution in [0.3, 0.4) is 0 Å². The molecule has 2 rings (SSSR count). The maximum absolute atomic E-state index is 12.1. The van der Waals surface area contributed by atoms with Gasteiger partial charge in [-0.3, -0.25) is 4.79 Å². The molecule has 1 saturated heterocycles. The number of hydrogen-bond donors (Lipinski definition) is 1. The summed E-state index contributed by atoms with van der Waals surface area (Å²) in [7, 11) is 1.65.